The first-order valence-corrected chi connectivity index (χ1v) is 7.21. The Hall–Kier alpha value is -1.13. The minimum absolute atomic E-state index is 0.102. The van der Waals surface area contributed by atoms with Crippen LogP contribution in [-0.2, 0) is 0 Å². The molecule has 0 spiro atoms. The van der Waals surface area contributed by atoms with Crippen LogP contribution in [0.5, 0.6) is 5.88 Å². The van der Waals surface area contributed by atoms with E-state index in [-0.39, 0.29) is 6.04 Å². The summed E-state index contributed by atoms with van der Waals surface area (Å²) in [5, 5.41) is 0. The molecule has 0 saturated heterocycles. The standard InChI is InChI=1S/C15H27N3O/c1-4-6-8-12(5-2)11-14(18-16)13-9-7-10-17-15(13)19-3/h7,9-10,12,14,18H,4-6,8,11,16H2,1-3H3. The van der Waals surface area contributed by atoms with Crippen molar-refractivity contribution in [3.05, 3.63) is 23.9 Å². The Morgan fingerprint density at radius 3 is 2.79 bits per heavy atom. The first kappa shape index (κ1) is 15.9. The van der Waals surface area contributed by atoms with Gasteiger partial charge in [-0.2, -0.15) is 0 Å². The molecule has 1 aromatic rings. The SMILES string of the molecule is CCCCC(CC)CC(NN)c1cccnc1OC. The number of nitrogens with zero attached hydrogens (tertiary/aromatic N) is 1. The van der Waals surface area contributed by atoms with E-state index >= 15 is 0 Å². The number of unbranched alkanes of at least 4 members (excludes halogenated alkanes) is 1. The summed E-state index contributed by atoms with van der Waals surface area (Å²) in [7, 11) is 1.65. The molecule has 0 amide bonds. The van der Waals surface area contributed by atoms with Gasteiger partial charge in [0.05, 0.1) is 13.2 Å². The van der Waals surface area contributed by atoms with Crippen molar-refractivity contribution in [3.8, 4) is 5.88 Å². The van der Waals surface area contributed by atoms with Crippen molar-refractivity contribution in [3.63, 3.8) is 0 Å². The molecule has 0 bridgehead atoms. The molecular formula is C15H27N3O. The maximum atomic E-state index is 5.73. The van der Waals surface area contributed by atoms with Gasteiger partial charge in [0.25, 0.3) is 0 Å². The Labute approximate surface area is 116 Å². The molecule has 1 heterocycles. The van der Waals surface area contributed by atoms with Crippen LogP contribution in [0.15, 0.2) is 18.3 Å². The lowest BCUT2D eigenvalue weighted by molar-refractivity contribution is 0.338. The topological polar surface area (TPSA) is 60.2 Å². The molecule has 108 valence electrons. The summed E-state index contributed by atoms with van der Waals surface area (Å²) in [6.45, 7) is 4.48. The lowest BCUT2D eigenvalue weighted by atomic mass is 9.90. The molecule has 0 aliphatic carbocycles. The predicted molar refractivity (Wildman–Crippen MR) is 78.8 cm³/mol. The van der Waals surface area contributed by atoms with Crippen molar-refractivity contribution in [2.24, 2.45) is 11.8 Å². The van der Waals surface area contributed by atoms with Crippen molar-refractivity contribution in [2.45, 2.75) is 52.0 Å². The van der Waals surface area contributed by atoms with E-state index in [4.69, 9.17) is 10.6 Å². The van der Waals surface area contributed by atoms with Crippen LogP contribution in [0.3, 0.4) is 0 Å². The molecule has 19 heavy (non-hydrogen) atoms. The third-order valence-corrected chi connectivity index (χ3v) is 3.68. The number of hydrogen-bond donors (Lipinski definition) is 2. The number of nitrogens with one attached hydrogen (secondary N) is 1. The smallest absolute Gasteiger partial charge is 0.217 e. The van der Waals surface area contributed by atoms with Gasteiger partial charge < -0.3 is 4.74 Å². The van der Waals surface area contributed by atoms with Crippen molar-refractivity contribution in [2.75, 3.05) is 7.11 Å². The highest BCUT2D eigenvalue weighted by atomic mass is 16.5. The second kappa shape index (κ2) is 8.88. The van der Waals surface area contributed by atoms with E-state index in [0.717, 1.165) is 12.0 Å². The molecule has 2 atom stereocenters. The van der Waals surface area contributed by atoms with E-state index in [2.05, 4.69) is 24.3 Å². The van der Waals surface area contributed by atoms with E-state index in [1.165, 1.54) is 25.7 Å². The molecule has 1 aromatic heterocycles. The number of ether oxygens (including phenoxy) is 1. The molecule has 0 aliphatic heterocycles. The zero-order chi connectivity index (χ0) is 14.1. The monoisotopic (exact) mass is 265 g/mol. The Morgan fingerprint density at radius 2 is 2.21 bits per heavy atom. The number of aromatic nitrogens is 1. The van der Waals surface area contributed by atoms with Crippen LogP contribution in [0.25, 0.3) is 0 Å². The van der Waals surface area contributed by atoms with Gasteiger partial charge in [-0.3, -0.25) is 11.3 Å². The van der Waals surface area contributed by atoms with Gasteiger partial charge in [-0.05, 0) is 18.4 Å². The van der Waals surface area contributed by atoms with Crippen LogP contribution in [-0.4, -0.2) is 12.1 Å². The minimum Gasteiger partial charge on any atom is -0.481 e. The Morgan fingerprint density at radius 1 is 1.42 bits per heavy atom. The zero-order valence-electron chi connectivity index (χ0n) is 12.4. The van der Waals surface area contributed by atoms with Crippen molar-refractivity contribution in [1.82, 2.24) is 10.4 Å². The van der Waals surface area contributed by atoms with Crippen molar-refractivity contribution >= 4 is 0 Å². The number of nitrogens with two attached hydrogens (primary N) is 1. The molecule has 0 aromatic carbocycles. The maximum Gasteiger partial charge on any atom is 0.217 e. The minimum atomic E-state index is 0.102. The molecule has 1 rings (SSSR count). The summed E-state index contributed by atoms with van der Waals surface area (Å²) < 4.78 is 5.32. The highest BCUT2D eigenvalue weighted by Gasteiger charge is 2.19. The molecule has 0 fully saturated rings. The summed E-state index contributed by atoms with van der Waals surface area (Å²) in [6, 6.07) is 4.06. The molecule has 0 saturated carbocycles. The van der Waals surface area contributed by atoms with Crippen LogP contribution in [0.2, 0.25) is 0 Å². The number of hydrazine groups is 1. The third-order valence-electron chi connectivity index (χ3n) is 3.68. The van der Waals surface area contributed by atoms with Crippen LogP contribution >= 0.6 is 0 Å². The fourth-order valence-corrected chi connectivity index (χ4v) is 2.44. The zero-order valence-corrected chi connectivity index (χ0v) is 12.4. The largest absolute Gasteiger partial charge is 0.481 e. The molecule has 4 heteroatoms. The lowest BCUT2D eigenvalue weighted by Gasteiger charge is -2.23. The van der Waals surface area contributed by atoms with Gasteiger partial charge in [0, 0.05) is 11.8 Å². The summed E-state index contributed by atoms with van der Waals surface area (Å²) in [5.41, 5.74) is 3.96. The second-order valence-electron chi connectivity index (χ2n) is 4.97. The van der Waals surface area contributed by atoms with Gasteiger partial charge in [-0.25, -0.2) is 4.98 Å². The average Bonchev–Trinajstić information content (AvgIpc) is 2.47. The first-order valence-electron chi connectivity index (χ1n) is 7.21. The van der Waals surface area contributed by atoms with Gasteiger partial charge in [0.1, 0.15) is 0 Å². The molecule has 2 unspecified atom stereocenters. The quantitative estimate of drug-likeness (QED) is 0.532. The number of hydrogen-bond acceptors (Lipinski definition) is 4. The van der Waals surface area contributed by atoms with E-state index in [1.807, 2.05) is 12.1 Å². The van der Waals surface area contributed by atoms with Gasteiger partial charge in [-0.15, -0.1) is 0 Å². The summed E-state index contributed by atoms with van der Waals surface area (Å²) in [4.78, 5) is 4.24. The maximum absolute atomic E-state index is 5.73. The van der Waals surface area contributed by atoms with Crippen LogP contribution in [0.4, 0.5) is 0 Å². The van der Waals surface area contributed by atoms with E-state index in [1.54, 1.807) is 13.3 Å². The Kier molecular flexibility index (Phi) is 7.45. The molecule has 3 N–H and O–H groups in total. The summed E-state index contributed by atoms with van der Waals surface area (Å²) >= 11 is 0. The summed E-state index contributed by atoms with van der Waals surface area (Å²) in [6.07, 6.45) is 7.72. The van der Waals surface area contributed by atoms with E-state index in [9.17, 15) is 0 Å². The van der Waals surface area contributed by atoms with Crippen LogP contribution < -0.4 is 16.0 Å². The first-order chi connectivity index (χ1) is 9.26. The highest BCUT2D eigenvalue weighted by molar-refractivity contribution is 5.28. The van der Waals surface area contributed by atoms with Gasteiger partial charge >= 0.3 is 0 Å². The Bertz CT molecular complexity index is 357. The molecule has 0 aliphatic rings. The van der Waals surface area contributed by atoms with Gasteiger partial charge in [0.15, 0.2) is 0 Å². The van der Waals surface area contributed by atoms with Crippen molar-refractivity contribution in [1.29, 1.82) is 0 Å². The van der Waals surface area contributed by atoms with Crippen LogP contribution in [0, 0.1) is 5.92 Å². The predicted octanol–water partition coefficient (Wildman–Crippen LogP) is 3.20. The number of pyridine rings is 1. The number of methoxy groups -OCH3 is 1. The summed E-state index contributed by atoms with van der Waals surface area (Å²) in [5.74, 6) is 7.08. The molecular weight excluding hydrogens is 238 g/mol. The fourth-order valence-electron chi connectivity index (χ4n) is 2.44. The van der Waals surface area contributed by atoms with E-state index in [0.29, 0.717) is 11.8 Å². The third kappa shape index (κ3) is 4.80. The Balaban J connectivity index is 2.75. The average molecular weight is 265 g/mol. The van der Waals surface area contributed by atoms with Crippen molar-refractivity contribution < 1.29 is 4.74 Å². The van der Waals surface area contributed by atoms with Crippen LogP contribution in [0.1, 0.15) is 57.6 Å². The highest BCUT2D eigenvalue weighted by Crippen LogP contribution is 2.30. The second-order valence-corrected chi connectivity index (χ2v) is 4.97. The van der Waals surface area contributed by atoms with E-state index < -0.39 is 0 Å². The molecule has 0 radical (unpaired) electrons. The lowest BCUT2D eigenvalue weighted by Crippen LogP contribution is -2.30. The molecule has 4 nitrogen and oxygen atoms in total. The van der Waals surface area contributed by atoms with Gasteiger partial charge in [-0.1, -0.05) is 45.6 Å². The number of rotatable bonds is 9. The fraction of sp³-hybridized carbons (Fsp3) is 0.667. The normalized spacial score (nSPS) is 14.1. The van der Waals surface area contributed by atoms with Gasteiger partial charge in [0.2, 0.25) is 5.88 Å².